The molecule has 11 nitrogen and oxygen atoms in total. The van der Waals surface area contributed by atoms with Crippen molar-refractivity contribution in [3.05, 3.63) is 46.1 Å². The first-order valence-corrected chi connectivity index (χ1v) is 9.33. The molecule has 0 spiro atoms. The number of hydrogen-bond acceptors (Lipinski definition) is 8. The van der Waals surface area contributed by atoms with E-state index in [4.69, 9.17) is 20.1 Å². The predicted octanol–water partition coefficient (Wildman–Crippen LogP) is 0.272. The summed E-state index contributed by atoms with van der Waals surface area (Å²) in [5.41, 5.74) is -2.80. The highest BCUT2D eigenvalue weighted by atomic mass is 16.5. The van der Waals surface area contributed by atoms with Gasteiger partial charge in [-0.25, -0.2) is 19.2 Å². The van der Waals surface area contributed by atoms with Gasteiger partial charge in [0.1, 0.15) is 0 Å². The van der Waals surface area contributed by atoms with Gasteiger partial charge in [-0.05, 0) is 51.0 Å². The fourth-order valence-corrected chi connectivity index (χ4v) is 2.15. The molecule has 0 bridgehead atoms. The van der Waals surface area contributed by atoms with Gasteiger partial charge in [-0.1, -0.05) is 0 Å². The lowest BCUT2D eigenvalue weighted by atomic mass is 9.88. The molecule has 11 heteroatoms. The number of carboxylic acid groups (broad SMARTS) is 3. The van der Waals surface area contributed by atoms with Crippen LogP contribution in [-0.2, 0) is 23.9 Å². The Hall–Kier alpha value is -3.28. The van der Waals surface area contributed by atoms with Crippen LogP contribution < -0.4 is 0 Å². The smallest absolute Gasteiger partial charge is 0.338 e. The summed E-state index contributed by atoms with van der Waals surface area (Å²) in [6, 6.07) is 0. The average Bonchev–Trinajstić information content (AvgIpc) is 2.74. The Morgan fingerprint density at radius 2 is 1.09 bits per heavy atom. The fourth-order valence-electron chi connectivity index (χ4n) is 2.15. The zero-order chi connectivity index (χ0) is 25.1. The second kappa shape index (κ2) is 13.2. The van der Waals surface area contributed by atoms with E-state index in [1.165, 1.54) is 20.8 Å². The maximum Gasteiger partial charge on any atom is 0.338 e. The molecule has 32 heavy (non-hydrogen) atoms. The number of allylic oxidation sites excluding steroid dienone is 3. The second-order valence-electron chi connectivity index (χ2n) is 7.13. The largest absolute Gasteiger partial charge is 0.478 e. The minimum atomic E-state index is -1.38. The first-order chi connectivity index (χ1) is 14.8. The van der Waals surface area contributed by atoms with Crippen LogP contribution in [0.3, 0.4) is 0 Å². The summed E-state index contributed by atoms with van der Waals surface area (Å²) in [7, 11) is 0. The molecule has 0 aliphatic rings. The van der Waals surface area contributed by atoms with Gasteiger partial charge in [0.15, 0.2) is 0 Å². The van der Waals surface area contributed by atoms with Crippen molar-refractivity contribution in [2.75, 3.05) is 26.4 Å². The molecule has 0 saturated carbocycles. The number of rotatable bonds is 13. The molecule has 0 aromatic heterocycles. The number of aliphatic hydroxyl groups excluding tert-OH is 3. The Kier molecular flexibility index (Phi) is 11.8. The summed E-state index contributed by atoms with van der Waals surface area (Å²) in [4.78, 5) is 46.5. The Labute approximate surface area is 184 Å². The number of carbonyl (C=O) groups excluding carboxylic acids is 1. The minimum Gasteiger partial charge on any atom is -0.478 e. The fraction of sp³-hybridized carbons (Fsp3) is 0.429. The van der Waals surface area contributed by atoms with Gasteiger partial charge in [-0.3, -0.25) is 0 Å². The second-order valence-corrected chi connectivity index (χ2v) is 7.13. The van der Waals surface area contributed by atoms with Crippen LogP contribution >= 0.6 is 0 Å². The number of aliphatic carboxylic acids is 3. The van der Waals surface area contributed by atoms with Crippen molar-refractivity contribution in [3.8, 4) is 0 Å². The Bertz CT molecular complexity index is 815. The third-order valence-electron chi connectivity index (χ3n) is 4.52. The quantitative estimate of drug-likeness (QED) is 0.126. The van der Waals surface area contributed by atoms with Crippen molar-refractivity contribution >= 4 is 23.9 Å². The van der Waals surface area contributed by atoms with Gasteiger partial charge in [0, 0.05) is 22.1 Å². The standard InChI is InChI=1S/C21H28O11/c1-12(17(25)26)6-15(7-13(2)18(27)28)16(8-14(3)19(29)30)20(31)32-5-4-21(9-22,10-23)11-24/h6-8,22-24H,4-5,9-11H2,1-3H3,(H,25,26)(H,27,28)(H,29,30). The molecule has 6 N–H and O–H groups in total. The van der Waals surface area contributed by atoms with Crippen LogP contribution in [0.1, 0.15) is 27.2 Å². The molecule has 0 atom stereocenters. The SMILES string of the molecule is CC(=CC(C=C(C)C(=O)O)=C(C=C(C)C(=O)O)C(=O)OCCC(CO)(CO)CO)C(=O)O. The van der Waals surface area contributed by atoms with Gasteiger partial charge in [0.05, 0.1) is 32.0 Å². The first kappa shape index (κ1) is 28.7. The van der Waals surface area contributed by atoms with Gasteiger partial charge >= 0.3 is 23.9 Å². The average molecular weight is 456 g/mol. The van der Waals surface area contributed by atoms with E-state index in [0.29, 0.717) is 0 Å². The van der Waals surface area contributed by atoms with Crippen LogP contribution in [0.4, 0.5) is 0 Å². The lowest BCUT2D eigenvalue weighted by Crippen LogP contribution is -2.35. The van der Waals surface area contributed by atoms with Crippen molar-refractivity contribution in [1.29, 1.82) is 0 Å². The lowest BCUT2D eigenvalue weighted by Gasteiger charge is -2.26. The van der Waals surface area contributed by atoms with Crippen LogP contribution in [0, 0.1) is 5.41 Å². The zero-order valence-electron chi connectivity index (χ0n) is 18.0. The number of carbonyl (C=O) groups is 4. The molecule has 0 unspecified atom stereocenters. The van der Waals surface area contributed by atoms with Crippen LogP contribution in [0.2, 0.25) is 0 Å². The van der Waals surface area contributed by atoms with Crippen LogP contribution in [-0.4, -0.2) is 80.9 Å². The molecule has 0 saturated heterocycles. The van der Waals surface area contributed by atoms with E-state index >= 15 is 0 Å². The van der Waals surface area contributed by atoms with E-state index in [9.17, 15) is 34.5 Å². The van der Waals surface area contributed by atoms with Gasteiger partial charge in [0.2, 0.25) is 0 Å². The highest BCUT2D eigenvalue weighted by Gasteiger charge is 2.28. The van der Waals surface area contributed by atoms with E-state index in [1.807, 2.05) is 0 Å². The van der Waals surface area contributed by atoms with E-state index < -0.39 is 54.7 Å². The van der Waals surface area contributed by atoms with Gasteiger partial charge < -0.3 is 35.4 Å². The summed E-state index contributed by atoms with van der Waals surface area (Å²) in [6.07, 6.45) is 2.77. The molecule has 0 heterocycles. The molecular formula is C21H28O11. The van der Waals surface area contributed by atoms with Crippen molar-refractivity contribution in [2.24, 2.45) is 5.41 Å². The topological polar surface area (TPSA) is 199 Å². The number of carboxylic acids is 3. The van der Waals surface area contributed by atoms with E-state index in [0.717, 1.165) is 18.2 Å². The van der Waals surface area contributed by atoms with Gasteiger partial charge in [-0.2, -0.15) is 0 Å². The van der Waals surface area contributed by atoms with E-state index in [-0.39, 0.29) is 35.3 Å². The normalized spacial score (nSPS) is 12.9. The zero-order valence-corrected chi connectivity index (χ0v) is 18.0. The third-order valence-corrected chi connectivity index (χ3v) is 4.52. The van der Waals surface area contributed by atoms with Crippen molar-refractivity contribution in [1.82, 2.24) is 0 Å². The maximum absolute atomic E-state index is 12.7. The summed E-state index contributed by atoms with van der Waals surface area (Å²) in [5, 5.41) is 55.5. The van der Waals surface area contributed by atoms with Crippen molar-refractivity contribution in [3.63, 3.8) is 0 Å². The number of esters is 1. The van der Waals surface area contributed by atoms with Crippen LogP contribution in [0.25, 0.3) is 0 Å². The summed E-state index contributed by atoms with van der Waals surface area (Å²) < 4.78 is 5.09. The molecule has 0 aliphatic carbocycles. The van der Waals surface area contributed by atoms with Crippen molar-refractivity contribution < 1.29 is 54.6 Å². The molecule has 0 aliphatic heterocycles. The molecule has 0 amide bonds. The number of aliphatic hydroxyl groups is 3. The molecule has 0 fully saturated rings. The number of ether oxygens (including phenoxy) is 1. The molecular weight excluding hydrogens is 428 g/mol. The molecule has 0 radical (unpaired) electrons. The van der Waals surface area contributed by atoms with Crippen molar-refractivity contribution in [2.45, 2.75) is 27.2 Å². The summed E-state index contributed by atoms with van der Waals surface area (Å²) in [6.45, 7) is 1.39. The molecule has 178 valence electrons. The Morgan fingerprint density at radius 1 is 0.719 bits per heavy atom. The van der Waals surface area contributed by atoms with E-state index in [2.05, 4.69) is 0 Å². The highest BCUT2D eigenvalue weighted by Crippen LogP contribution is 2.22. The summed E-state index contributed by atoms with van der Waals surface area (Å²) in [5.74, 6) is -5.19. The highest BCUT2D eigenvalue weighted by molar-refractivity contribution is 5.98. The number of hydrogen-bond donors (Lipinski definition) is 6. The van der Waals surface area contributed by atoms with Crippen LogP contribution in [0.5, 0.6) is 0 Å². The lowest BCUT2D eigenvalue weighted by molar-refractivity contribution is -0.140. The van der Waals surface area contributed by atoms with Gasteiger partial charge in [0.25, 0.3) is 0 Å². The maximum atomic E-state index is 12.7. The Balaban J connectivity index is 6.50. The third kappa shape index (κ3) is 8.84. The predicted molar refractivity (Wildman–Crippen MR) is 110 cm³/mol. The van der Waals surface area contributed by atoms with Gasteiger partial charge in [-0.15, -0.1) is 0 Å². The molecule has 0 rings (SSSR count). The Morgan fingerprint density at radius 3 is 1.44 bits per heavy atom. The summed E-state index contributed by atoms with van der Waals surface area (Å²) >= 11 is 0. The monoisotopic (exact) mass is 456 g/mol. The minimum absolute atomic E-state index is 0.138. The molecule has 0 aromatic rings. The first-order valence-electron chi connectivity index (χ1n) is 9.33. The van der Waals surface area contributed by atoms with Crippen LogP contribution in [0.15, 0.2) is 46.1 Å². The molecule has 0 aromatic carbocycles. The van der Waals surface area contributed by atoms with E-state index in [1.54, 1.807) is 0 Å².